The average Bonchev–Trinajstić information content (AvgIpc) is 3.41. The van der Waals surface area contributed by atoms with Gasteiger partial charge < -0.3 is 25.7 Å². The van der Waals surface area contributed by atoms with Crippen molar-refractivity contribution in [3.63, 3.8) is 0 Å². The second-order valence-corrected chi connectivity index (χ2v) is 9.03. The van der Waals surface area contributed by atoms with Gasteiger partial charge in [0.25, 0.3) is 0 Å². The van der Waals surface area contributed by atoms with Crippen LogP contribution in [0.4, 0.5) is 4.79 Å². The number of para-hydroxylation sites is 1. The molecule has 178 valence electrons. The van der Waals surface area contributed by atoms with Crippen molar-refractivity contribution < 1.29 is 14.3 Å². The van der Waals surface area contributed by atoms with Crippen LogP contribution < -0.4 is 11.1 Å². The summed E-state index contributed by atoms with van der Waals surface area (Å²) in [6.45, 7) is 3.33. The number of aromatic nitrogens is 4. The van der Waals surface area contributed by atoms with Crippen molar-refractivity contribution in [2.75, 3.05) is 14.1 Å². The number of nitrogens with one attached hydrogen (secondary N) is 2. The summed E-state index contributed by atoms with van der Waals surface area (Å²) in [5, 5.41) is 12.8. The van der Waals surface area contributed by atoms with Gasteiger partial charge in [-0.3, -0.25) is 9.20 Å². The minimum Gasteiger partial charge on any atom is -0.443 e. The molecule has 2 amide bonds. The summed E-state index contributed by atoms with van der Waals surface area (Å²) < 4.78 is 7.21. The lowest BCUT2D eigenvalue weighted by atomic mass is 10.0. The minimum absolute atomic E-state index is 0.0233. The number of ether oxygens (including phenoxy) is 1. The van der Waals surface area contributed by atoms with Crippen molar-refractivity contribution in [2.24, 2.45) is 5.73 Å². The highest BCUT2D eigenvalue weighted by atomic mass is 16.6. The Morgan fingerprint density at radius 1 is 1.18 bits per heavy atom. The zero-order chi connectivity index (χ0) is 24.5. The van der Waals surface area contributed by atoms with Crippen molar-refractivity contribution in [1.29, 1.82) is 0 Å². The van der Waals surface area contributed by atoms with E-state index in [0.29, 0.717) is 23.6 Å². The molecule has 3 aromatic heterocycles. The Morgan fingerprint density at radius 2 is 1.94 bits per heavy atom. The Labute approximate surface area is 197 Å². The molecule has 34 heavy (non-hydrogen) atoms. The first-order valence-electron chi connectivity index (χ1n) is 11.0. The largest absolute Gasteiger partial charge is 0.443 e. The second kappa shape index (κ2) is 9.14. The van der Waals surface area contributed by atoms with Crippen molar-refractivity contribution in [2.45, 2.75) is 38.5 Å². The first kappa shape index (κ1) is 23.2. The van der Waals surface area contributed by atoms with Crippen LogP contribution in [0.1, 0.15) is 37.0 Å². The van der Waals surface area contributed by atoms with Crippen molar-refractivity contribution >= 4 is 28.6 Å². The maximum absolute atomic E-state index is 12.9. The summed E-state index contributed by atoms with van der Waals surface area (Å²) in [6.07, 6.45) is 1.93. The molecular formula is C24H29N7O3. The number of nitrogens with two attached hydrogens (primary N) is 1. The van der Waals surface area contributed by atoms with Gasteiger partial charge in [-0.1, -0.05) is 24.3 Å². The first-order valence-corrected chi connectivity index (χ1v) is 11.0. The van der Waals surface area contributed by atoms with Gasteiger partial charge in [0, 0.05) is 37.6 Å². The summed E-state index contributed by atoms with van der Waals surface area (Å²) in [7, 11) is 3.24. The van der Waals surface area contributed by atoms with E-state index < -0.39 is 17.7 Å². The number of hydrogen-bond acceptors (Lipinski definition) is 6. The number of amides is 2. The van der Waals surface area contributed by atoms with Gasteiger partial charge in [0.1, 0.15) is 6.61 Å². The summed E-state index contributed by atoms with van der Waals surface area (Å²) in [6, 6.07) is 12.9. The summed E-state index contributed by atoms with van der Waals surface area (Å²) in [4.78, 5) is 29.5. The normalized spacial score (nSPS) is 12.6. The van der Waals surface area contributed by atoms with Gasteiger partial charge >= 0.3 is 6.09 Å². The van der Waals surface area contributed by atoms with Crippen LogP contribution in [0.2, 0.25) is 0 Å². The van der Waals surface area contributed by atoms with E-state index in [2.05, 4.69) is 20.5 Å². The van der Waals surface area contributed by atoms with Crippen LogP contribution in [0.15, 0.2) is 48.7 Å². The van der Waals surface area contributed by atoms with E-state index in [1.165, 1.54) is 4.90 Å². The number of fused-ring (bicyclic) bond motifs is 2. The molecule has 0 fully saturated rings. The highest BCUT2D eigenvalue weighted by Gasteiger charge is 2.29. The molecule has 0 spiro atoms. The Kier molecular flexibility index (Phi) is 6.25. The molecule has 10 nitrogen and oxygen atoms in total. The molecule has 4 aromatic rings. The molecule has 1 aromatic carbocycles. The fourth-order valence-electron chi connectivity index (χ4n) is 3.71. The third-order valence-corrected chi connectivity index (χ3v) is 5.54. The molecule has 0 aliphatic heterocycles. The Balaban J connectivity index is 1.75. The monoisotopic (exact) mass is 463 g/mol. The van der Waals surface area contributed by atoms with Gasteiger partial charge in [0.05, 0.1) is 17.3 Å². The predicted molar refractivity (Wildman–Crippen MR) is 128 cm³/mol. The number of hydrogen-bond donors (Lipinski definition) is 3. The third kappa shape index (κ3) is 4.72. The number of rotatable bonds is 7. The van der Waals surface area contributed by atoms with Gasteiger partial charge in [-0.05, 0) is 37.6 Å². The van der Waals surface area contributed by atoms with Crippen LogP contribution in [0.5, 0.6) is 0 Å². The standard InChI is InChI=1S/C24H29N7O3/c1-24(2,25)22(32)27-19(12-15-13-26-18-10-6-5-9-17(15)18)21-29-28-20-11-7-8-16(31(20)21)14-34-23(33)30(3)4/h5-11,13,19,26H,12,14,25H2,1-4H3,(H,27,32). The van der Waals surface area contributed by atoms with E-state index in [0.717, 1.165) is 16.5 Å². The first-order chi connectivity index (χ1) is 16.1. The van der Waals surface area contributed by atoms with E-state index in [-0.39, 0.29) is 12.5 Å². The zero-order valence-corrected chi connectivity index (χ0v) is 19.7. The molecule has 0 saturated heterocycles. The molecule has 1 atom stereocenters. The van der Waals surface area contributed by atoms with Gasteiger partial charge in [0.15, 0.2) is 11.5 Å². The molecule has 3 heterocycles. The van der Waals surface area contributed by atoms with E-state index in [9.17, 15) is 9.59 Å². The molecular weight excluding hydrogens is 434 g/mol. The molecule has 10 heteroatoms. The molecule has 0 radical (unpaired) electrons. The highest BCUT2D eigenvalue weighted by Crippen LogP contribution is 2.25. The lowest BCUT2D eigenvalue weighted by Gasteiger charge is -2.24. The quantitative estimate of drug-likeness (QED) is 0.386. The molecule has 0 bridgehead atoms. The van der Waals surface area contributed by atoms with Crippen molar-refractivity contribution in [3.05, 3.63) is 65.7 Å². The van der Waals surface area contributed by atoms with Crippen LogP contribution in [-0.2, 0) is 22.6 Å². The average molecular weight is 464 g/mol. The number of nitrogens with zero attached hydrogens (tertiary/aromatic N) is 4. The van der Waals surface area contributed by atoms with Crippen LogP contribution >= 0.6 is 0 Å². The summed E-state index contributed by atoms with van der Waals surface area (Å²) in [5.74, 6) is 0.208. The number of carbonyl (C=O) groups is 2. The Morgan fingerprint density at radius 3 is 2.68 bits per heavy atom. The topological polar surface area (TPSA) is 131 Å². The Bertz CT molecular complexity index is 1330. The smallest absolute Gasteiger partial charge is 0.409 e. The lowest BCUT2D eigenvalue weighted by Crippen LogP contribution is -2.50. The summed E-state index contributed by atoms with van der Waals surface area (Å²) >= 11 is 0. The fourth-order valence-corrected chi connectivity index (χ4v) is 3.71. The maximum atomic E-state index is 12.9. The predicted octanol–water partition coefficient (Wildman–Crippen LogP) is 2.55. The molecule has 0 saturated carbocycles. The van der Waals surface area contributed by atoms with Crippen LogP contribution in [0.3, 0.4) is 0 Å². The summed E-state index contributed by atoms with van der Waals surface area (Å²) in [5.41, 5.74) is 8.27. The number of pyridine rings is 1. The van der Waals surface area contributed by atoms with Gasteiger partial charge in [-0.2, -0.15) is 0 Å². The fraction of sp³-hybridized carbons (Fsp3) is 0.333. The van der Waals surface area contributed by atoms with E-state index in [1.807, 2.05) is 53.1 Å². The molecule has 4 N–H and O–H groups in total. The van der Waals surface area contributed by atoms with Crippen molar-refractivity contribution in [1.82, 2.24) is 29.8 Å². The lowest BCUT2D eigenvalue weighted by molar-refractivity contribution is -0.126. The molecule has 1 unspecified atom stereocenters. The van der Waals surface area contributed by atoms with Gasteiger partial charge in [-0.15, -0.1) is 10.2 Å². The highest BCUT2D eigenvalue weighted by molar-refractivity contribution is 5.86. The molecule has 0 aliphatic carbocycles. The van der Waals surface area contributed by atoms with E-state index in [4.69, 9.17) is 10.5 Å². The number of aromatic amines is 1. The number of benzene rings is 1. The SMILES string of the molecule is CN(C)C(=O)OCc1cccc2nnc(C(Cc3c[nH]c4ccccc34)NC(=O)C(C)(C)N)n12. The Hall–Kier alpha value is -3.92. The van der Waals surface area contributed by atoms with Crippen LogP contribution in [0.25, 0.3) is 16.6 Å². The molecule has 4 rings (SSSR count). The second-order valence-electron chi connectivity index (χ2n) is 9.03. The van der Waals surface area contributed by atoms with Gasteiger partial charge in [0.2, 0.25) is 5.91 Å². The number of H-pyrrole nitrogens is 1. The third-order valence-electron chi connectivity index (χ3n) is 5.54. The van der Waals surface area contributed by atoms with E-state index >= 15 is 0 Å². The molecule has 0 aliphatic rings. The maximum Gasteiger partial charge on any atom is 0.409 e. The van der Waals surface area contributed by atoms with E-state index in [1.54, 1.807) is 27.9 Å². The minimum atomic E-state index is -1.08. The van der Waals surface area contributed by atoms with Gasteiger partial charge in [-0.25, -0.2) is 4.79 Å². The van der Waals surface area contributed by atoms with Crippen molar-refractivity contribution in [3.8, 4) is 0 Å². The van der Waals surface area contributed by atoms with Crippen LogP contribution in [0, 0.1) is 0 Å². The number of carbonyl (C=O) groups excluding carboxylic acids is 2. The zero-order valence-electron chi connectivity index (χ0n) is 19.7. The van der Waals surface area contributed by atoms with Crippen LogP contribution in [-0.4, -0.2) is 56.1 Å².